The Morgan fingerprint density at radius 1 is 1.03 bits per heavy atom. The topological polar surface area (TPSA) is 132 Å². The van der Waals surface area contributed by atoms with Crippen LogP contribution in [-0.4, -0.2) is 85.8 Å². The predicted molar refractivity (Wildman–Crippen MR) is 131 cm³/mol. The summed E-state index contributed by atoms with van der Waals surface area (Å²) in [5.41, 5.74) is 5.71. The fourth-order valence-corrected chi connectivity index (χ4v) is 5.33. The van der Waals surface area contributed by atoms with Crippen molar-refractivity contribution >= 4 is 40.4 Å². The molecule has 0 bridgehead atoms. The third kappa shape index (κ3) is 8.04. The maximum absolute atomic E-state index is 12.4. The molecule has 1 fully saturated rings. The first-order chi connectivity index (χ1) is 16.9. The van der Waals surface area contributed by atoms with Gasteiger partial charge in [0.25, 0.3) is 11.8 Å². The number of carbonyl (C=O) groups excluding carboxylic acids is 3. The quantitative estimate of drug-likeness (QED) is 0.335. The van der Waals surface area contributed by atoms with Crippen molar-refractivity contribution < 1.29 is 28.6 Å². The van der Waals surface area contributed by atoms with Crippen LogP contribution >= 0.6 is 22.7 Å². The van der Waals surface area contributed by atoms with Crippen molar-refractivity contribution in [3.8, 4) is 0 Å². The molecule has 0 aromatic carbocycles. The molecule has 0 saturated carbocycles. The summed E-state index contributed by atoms with van der Waals surface area (Å²) in [5.74, 6) is -0.744. The minimum Gasteiger partial charge on any atom is -0.382 e. The second-order valence-electron chi connectivity index (χ2n) is 7.94. The van der Waals surface area contributed by atoms with Crippen molar-refractivity contribution in [2.75, 3.05) is 53.2 Å². The standard InChI is InChI=1S/C22H31N5O6S2/c1-14-19(35-15(2)23-14)21(30)26-25-20(29)17-13-34-22(24-17)16-4-6-27(7-5-16)18(28)12-33-11-10-32-9-8-31-3/h13,16H,4-12H2,1-3H3,(H,25,29)(H,26,30). The highest BCUT2D eigenvalue weighted by Gasteiger charge is 2.26. The molecule has 0 unspecified atom stereocenters. The van der Waals surface area contributed by atoms with Crippen LogP contribution in [0, 0.1) is 13.8 Å². The van der Waals surface area contributed by atoms with E-state index < -0.39 is 11.8 Å². The first kappa shape index (κ1) is 27.1. The van der Waals surface area contributed by atoms with E-state index in [4.69, 9.17) is 14.2 Å². The monoisotopic (exact) mass is 525 g/mol. The number of aromatic nitrogens is 2. The molecule has 0 atom stereocenters. The minimum atomic E-state index is -0.476. The van der Waals surface area contributed by atoms with Crippen LogP contribution in [0.2, 0.25) is 0 Å². The Kier molecular flexibility index (Phi) is 10.5. The number of hydrazine groups is 1. The van der Waals surface area contributed by atoms with Gasteiger partial charge in [0.1, 0.15) is 17.2 Å². The number of piperidine rings is 1. The number of thiazole rings is 2. The maximum Gasteiger partial charge on any atom is 0.289 e. The van der Waals surface area contributed by atoms with Crippen LogP contribution in [0.4, 0.5) is 0 Å². The van der Waals surface area contributed by atoms with E-state index >= 15 is 0 Å². The van der Waals surface area contributed by atoms with Crippen molar-refractivity contribution in [1.82, 2.24) is 25.7 Å². The van der Waals surface area contributed by atoms with Gasteiger partial charge in [0.15, 0.2) is 0 Å². The number of carbonyl (C=O) groups is 3. The van der Waals surface area contributed by atoms with Crippen LogP contribution < -0.4 is 10.9 Å². The van der Waals surface area contributed by atoms with Gasteiger partial charge in [-0.3, -0.25) is 25.2 Å². The summed E-state index contributed by atoms with van der Waals surface area (Å²) in [4.78, 5) is 48.0. The lowest BCUT2D eigenvalue weighted by Crippen LogP contribution is -2.41. The van der Waals surface area contributed by atoms with Crippen LogP contribution in [0.15, 0.2) is 5.38 Å². The Morgan fingerprint density at radius 3 is 2.40 bits per heavy atom. The zero-order valence-electron chi connectivity index (χ0n) is 20.1. The number of nitrogens with one attached hydrogen (secondary N) is 2. The zero-order valence-corrected chi connectivity index (χ0v) is 21.8. The Bertz CT molecular complexity index is 1000. The Balaban J connectivity index is 1.38. The Labute approximate surface area is 212 Å². The van der Waals surface area contributed by atoms with Gasteiger partial charge in [0.05, 0.1) is 42.1 Å². The number of likely N-dealkylation sites (tertiary alicyclic amines) is 1. The average Bonchev–Trinajstić information content (AvgIpc) is 3.48. The molecule has 2 aromatic heterocycles. The van der Waals surface area contributed by atoms with E-state index in [2.05, 4.69) is 20.8 Å². The number of rotatable bonds is 11. The van der Waals surface area contributed by atoms with Crippen molar-refractivity contribution in [2.45, 2.75) is 32.6 Å². The highest BCUT2D eigenvalue weighted by atomic mass is 32.1. The van der Waals surface area contributed by atoms with E-state index in [1.54, 1.807) is 24.3 Å². The molecule has 0 aliphatic carbocycles. The Hall–Kier alpha value is -2.45. The molecule has 3 rings (SSSR count). The van der Waals surface area contributed by atoms with Crippen molar-refractivity contribution in [1.29, 1.82) is 0 Å². The fraction of sp³-hybridized carbons (Fsp3) is 0.591. The first-order valence-electron chi connectivity index (χ1n) is 11.3. The van der Waals surface area contributed by atoms with Gasteiger partial charge in [0.2, 0.25) is 5.91 Å². The summed E-state index contributed by atoms with van der Waals surface area (Å²) in [5, 5.41) is 3.32. The molecule has 1 aliphatic rings. The van der Waals surface area contributed by atoms with Gasteiger partial charge in [-0.05, 0) is 26.7 Å². The molecule has 35 heavy (non-hydrogen) atoms. The maximum atomic E-state index is 12.4. The molecular formula is C22H31N5O6S2. The molecule has 3 amide bonds. The molecule has 1 aliphatic heterocycles. The molecule has 2 aromatic rings. The van der Waals surface area contributed by atoms with Crippen LogP contribution in [0.5, 0.6) is 0 Å². The van der Waals surface area contributed by atoms with Gasteiger partial charge < -0.3 is 19.1 Å². The SMILES string of the molecule is COCCOCCOCC(=O)N1CCC(c2nc(C(=O)NNC(=O)c3sc(C)nc3C)cs2)CC1. The first-order valence-corrected chi connectivity index (χ1v) is 13.0. The molecule has 192 valence electrons. The zero-order chi connectivity index (χ0) is 25.2. The highest BCUT2D eigenvalue weighted by molar-refractivity contribution is 7.13. The molecule has 2 N–H and O–H groups in total. The molecule has 0 radical (unpaired) electrons. The van der Waals surface area contributed by atoms with Gasteiger partial charge in [-0.15, -0.1) is 22.7 Å². The van der Waals surface area contributed by atoms with E-state index in [9.17, 15) is 14.4 Å². The largest absolute Gasteiger partial charge is 0.382 e. The second kappa shape index (κ2) is 13.6. The summed E-state index contributed by atoms with van der Waals surface area (Å²) >= 11 is 2.68. The van der Waals surface area contributed by atoms with E-state index in [1.165, 1.54) is 22.7 Å². The van der Waals surface area contributed by atoms with Crippen LogP contribution in [-0.2, 0) is 19.0 Å². The number of methoxy groups -OCH3 is 1. The Morgan fingerprint density at radius 2 is 1.71 bits per heavy atom. The number of nitrogens with zero attached hydrogens (tertiary/aromatic N) is 3. The van der Waals surface area contributed by atoms with E-state index in [0.717, 1.165) is 22.9 Å². The number of amides is 3. The van der Waals surface area contributed by atoms with Gasteiger partial charge in [-0.2, -0.15) is 0 Å². The van der Waals surface area contributed by atoms with E-state index in [0.29, 0.717) is 50.1 Å². The molecule has 3 heterocycles. The smallest absolute Gasteiger partial charge is 0.289 e. The average molecular weight is 526 g/mol. The van der Waals surface area contributed by atoms with Crippen molar-refractivity contribution in [2.24, 2.45) is 0 Å². The number of ether oxygens (including phenoxy) is 3. The minimum absolute atomic E-state index is 0.0340. The molecule has 1 saturated heterocycles. The predicted octanol–water partition coefficient (Wildman–Crippen LogP) is 1.68. The molecule has 0 spiro atoms. The second-order valence-corrected chi connectivity index (χ2v) is 10.0. The summed E-state index contributed by atoms with van der Waals surface area (Å²) in [6.07, 6.45) is 1.53. The summed E-state index contributed by atoms with van der Waals surface area (Å²) in [6.45, 7) is 6.65. The number of aryl methyl sites for hydroxylation is 2. The lowest BCUT2D eigenvalue weighted by atomic mass is 9.97. The lowest BCUT2D eigenvalue weighted by molar-refractivity contribution is -0.137. The fourth-order valence-electron chi connectivity index (χ4n) is 3.54. The summed E-state index contributed by atoms with van der Waals surface area (Å²) in [7, 11) is 1.61. The number of hydrogen-bond acceptors (Lipinski definition) is 10. The highest BCUT2D eigenvalue weighted by Crippen LogP contribution is 2.30. The lowest BCUT2D eigenvalue weighted by Gasteiger charge is -2.31. The van der Waals surface area contributed by atoms with Gasteiger partial charge in [0, 0.05) is 31.5 Å². The van der Waals surface area contributed by atoms with Crippen LogP contribution in [0.3, 0.4) is 0 Å². The normalized spacial score (nSPS) is 14.2. The third-order valence-electron chi connectivity index (χ3n) is 5.38. The van der Waals surface area contributed by atoms with Crippen molar-refractivity contribution in [3.63, 3.8) is 0 Å². The molecular weight excluding hydrogens is 494 g/mol. The van der Waals surface area contributed by atoms with Gasteiger partial charge in [-0.1, -0.05) is 0 Å². The third-order valence-corrected chi connectivity index (χ3v) is 7.46. The van der Waals surface area contributed by atoms with Gasteiger partial charge >= 0.3 is 0 Å². The summed E-state index contributed by atoms with van der Waals surface area (Å²) in [6, 6.07) is 0. The molecule has 11 nitrogen and oxygen atoms in total. The number of hydrogen-bond donors (Lipinski definition) is 2. The van der Waals surface area contributed by atoms with Crippen LogP contribution in [0.1, 0.15) is 54.6 Å². The van der Waals surface area contributed by atoms with Crippen LogP contribution in [0.25, 0.3) is 0 Å². The van der Waals surface area contributed by atoms with E-state index in [-0.39, 0.29) is 24.1 Å². The summed E-state index contributed by atoms with van der Waals surface area (Å²) < 4.78 is 15.6. The van der Waals surface area contributed by atoms with Gasteiger partial charge in [-0.25, -0.2) is 9.97 Å². The molecule has 13 heteroatoms. The van der Waals surface area contributed by atoms with E-state index in [1.807, 2.05) is 6.92 Å². The van der Waals surface area contributed by atoms with Crippen molar-refractivity contribution in [3.05, 3.63) is 31.7 Å².